The lowest BCUT2D eigenvalue weighted by Gasteiger charge is -2.23. The number of aliphatic hydroxyl groups is 1. The number of rotatable bonds is 7. The van der Waals surface area contributed by atoms with Crippen LogP contribution in [0.25, 0.3) is 0 Å². The molecule has 0 amide bonds. The Hall–Kier alpha value is -1.27. The van der Waals surface area contributed by atoms with Gasteiger partial charge >= 0.3 is 6.18 Å². The van der Waals surface area contributed by atoms with Crippen molar-refractivity contribution >= 4 is 0 Å². The van der Waals surface area contributed by atoms with Crippen LogP contribution in [-0.4, -0.2) is 23.9 Å². The lowest BCUT2D eigenvalue weighted by atomic mass is 10.1. The molecular formula is C15H22F3NO2. The third-order valence-corrected chi connectivity index (χ3v) is 3.23. The van der Waals surface area contributed by atoms with Crippen LogP contribution in [0.3, 0.4) is 0 Å². The van der Waals surface area contributed by atoms with Gasteiger partial charge in [0, 0.05) is 6.54 Å². The van der Waals surface area contributed by atoms with E-state index in [2.05, 4.69) is 5.32 Å². The van der Waals surface area contributed by atoms with Gasteiger partial charge < -0.3 is 15.2 Å². The smallest absolute Gasteiger partial charge is 0.419 e. The Balaban J connectivity index is 2.97. The third-order valence-electron chi connectivity index (χ3n) is 3.23. The standard InChI is InChI=1S/C15H22F3NO2/c1-4-14(3,20)10-21-13-7-6-11(9-19-5-2)8-12(13)15(16,17)18/h6-8,19-20H,4-5,9-10H2,1-3H3. The van der Waals surface area contributed by atoms with E-state index in [4.69, 9.17) is 4.74 Å². The molecule has 1 unspecified atom stereocenters. The number of halogens is 3. The molecule has 0 aliphatic rings. The summed E-state index contributed by atoms with van der Waals surface area (Å²) in [6, 6.07) is 3.98. The van der Waals surface area contributed by atoms with Gasteiger partial charge in [0.2, 0.25) is 0 Å². The van der Waals surface area contributed by atoms with Gasteiger partial charge in [0.15, 0.2) is 0 Å². The molecule has 3 nitrogen and oxygen atoms in total. The van der Waals surface area contributed by atoms with Crippen LogP contribution in [0.5, 0.6) is 5.75 Å². The van der Waals surface area contributed by atoms with Crippen LogP contribution >= 0.6 is 0 Å². The van der Waals surface area contributed by atoms with Crippen LogP contribution in [0.15, 0.2) is 18.2 Å². The summed E-state index contributed by atoms with van der Waals surface area (Å²) in [6.45, 7) is 6.02. The van der Waals surface area contributed by atoms with Crippen molar-refractivity contribution in [1.29, 1.82) is 0 Å². The van der Waals surface area contributed by atoms with E-state index in [1.807, 2.05) is 6.92 Å². The number of benzene rings is 1. The Morgan fingerprint density at radius 1 is 1.24 bits per heavy atom. The minimum absolute atomic E-state index is 0.181. The third kappa shape index (κ3) is 5.55. The first-order valence-corrected chi connectivity index (χ1v) is 6.95. The van der Waals surface area contributed by atoms with Crippen molar-refractivity contribution in [3.63, 3.8) is 0 Å². The van der Waals surface area contributed by atoms with Gasteiger partial charge in [-0.1, -0.05) is 19.9 Å². The highest BCUT2D eigenvalue weighted by atomic mass is 19.4. The monoisotopic (exact) mass is 305 g/mol. The number of hydrogen-bond donors (Lipinski definition) is 2. The number of hydrogen-bond acceptors (Lipinski definition) is 3. The molecular weight excluding hydrogens is 283 g/mol. The van der Waals surface area contributed by atoms with Crippen LogP contribution in [0.1, 0.15) is 38.3 Å². The van der Waals surface area contributed by atoms with Gasteiger partial charge in [-0.15, -0.1) is 0 Å². The van der Waals surface area contributed by atoms with E-state index < -0.39 is 17.3 Å². The first-order valence-electron chi connectivity index (χ1n) is 6.95. The van der Waals surface area contributed by atoms with E-state index in [1.165, 1.54) is 13.0 Å². The molecule has 1 rings (SSSR count). The molecule has 0 aliphatic heterocycles. The summed E-state index contributed by atoms with van der Waals surface area (Å²) >= 11 is 0. The predicted molar refractivity (Wildman–Crippen MR) is 75.2 cm³/mol. The van der Waals surface area contributed by atoms with Gasteiger partial charge in [0.05, 0.1) is 11.2 Å². The first-order chi connectivity index (χ1) is 9.69. The highest BCUT2D eigenvalue weighted by Crippen LogP contribution is 2.37. The summed E-state index contributed by atoms with van der Waals surface area (Å²) in [4.78, 5) is 0. The van der Waals surface area contributed by atoms with Crippen LogP contribution in [0.4, 0.5) is 13.2 Å². The fraction of sp³-hybridized carbons (Fsp3) is 0.600. The van der Waals surface area contributed by atoms with Crippen LogP contribution in [-0.2, 0) is 12.7 Å². The molecule has 0 spiro atoms. The zero-order valence-electron chi connectivity index (χ0n) is 12.5. The van der Waals surface area contributed by atoms with Crippen LogP contribution < -0.4 is 10.1 Å². The normalized spacial score (nSPS) is 14.8. The molecule has 0 aromatic heterocycles. The molecule has 0 saturated heterocycles. The van der Waals surface area contributed by atoms with Gasteiger partial charge in [-0.2, -0.15) is 13.2 Å². The quantitative estimate of drug-likeness (QED) is 0.811. The Morgan fingerprint density at radius 2 is 1.90 bits per heavy atom. The average Bonchev–Trinajstić information content (AvgIpc) is 2.42. The van der Waals surface area contributed by atoms with Crippen molar-refractivity contribution in [2.75, 3.05) is 13.2 Å². The van der Waals surface area contributed by atoms with Crippen molar-refractivity contribution in [3.05, 3.63) is 29.3 Å². The molecule has 1 aromatic rings. The Morgan fingerprint density at radius 3 is 2.43 bits per heavy atom. The van der Waals surface area contributed by atoms with Crippen molar-refractivity contribution in [2.45, 2.75) is 45.5 Å². The first kappa shape index (κ1) is 17.8. The Kier molecular flexibility index (Phi) is 6.04. The number of nitrogens with one attached hydrogen (secondary N) is 1. The lowest BCUT2D eigenvalue weighted by Crippen LogP contribution is -2.31. The zero-order valence-corrected chi connectivity index (χ0v) is 12.5. The van der Waals surface area contributed by atoms with E-state index >= 15 is 0 Å². The fourth-order valence-corrected chi connectivity index (χ4v) is 1.64. The van der Waals surface area contributed by atoms with Crippen molar-refractivity contribution in [1.82, 2.24) is 5.32 Å². The maximum absolute atomic E-state index is 13.1. The summed E-state index contributed by atoms with van der Waals surface area (Å²) in [5.74, 6) is -0.253. The molecule has 0 bridgehead atoms. The SMILES string of the molecule is CCNCc1ccc(OCC(C)(O)CC)c(C(F)(F)F)c1. The lowest BCUT2D eigenvalue weighted by molar-refractivity contribution is -0.139. The second kappa shape index (κ2) is 7.13. The molecule has 1 aromatic carbocycles. The molecule has 0 radical (unpaired) electrons. The number of ether oxygens (including phenoxy) is 1. The molecule has 0 fully saturated rings. The van der Waals surface area contributed by atoms with Gasteiger partial charge in [-0.3, -0.25) is 0 Å². The fourth-order valence-electron chi connectivity index (χ4n) is 1.64. The van der Waals surface area contributed by atoms with E-state index in [-0.39, 0.29) is 12.4 Å². The van der Waals surface area contributed by atoms with E-state index in [0.29, 0.717) is 25.1 Å². The Labute approximate surface area is 123 Å². The topological polar surface area (TPSA) is 41.5 Å². The van der Waals surface area contributed by atoms with Gasteiger partial charge in [0.25, 0.3) is 0 Å². The van der Waals surface area contributed by atoms with E-state index in [9.17, 15) is 18.3 Å². The summed E-state index contributed by atoms with van der Waals surface area (Å²) in [6.07, 6.45) is -4.09. The summed E-state index contributed by atoms with van der Waals surface area (Å²) in [5.41, 5.74) is -1.42. The van der Waals surface area contributed by atoms with Crippen molar-refractivity contribution in [2.24, 2.45) is 0 Å². The highest BCUT2D eigenvalue weighted by Gasteiger charge is 2.35. The van der Waals surface area contributed by atoms with Crippen LogP contribution in [0, 0.1) is 0 Å². The molecule has 0 aliphatic carbocycles. The molecule has 6 heteroatoms. The van der Waals surface area contributed by atoms with Crippen molar-refractivity contribution < 1.29 is 23.0 Å². The molecule has 0 heterocycles. The molecule has 2 N–H and O–H groups in total. The summed E-state index contributed by atoms with van der Waals surface area (Å²) in [5, 5.41) is 12.8. The molecule has 0 saturated carbocycles. The van der Waals surface area contributed by atoms with Gasteiger partial charge in [-0.05, 0) is 37.6 Å². The van der Waals surface area contributed by atoms with Crippen molar-refractivity contribution in [3.8, 4) is 5.75 Å². The second-order valence-corrected chi connectivity index (χ2v) is 5.25. The largest absolute Gasteiger partial charge is 0.490 e. The van der Waals surface area contributed by atoms with Crippen LogP contribution in [0.2, 0.25) is 0 Å². The molecule has 120 valence electrons. The second-order valence-electron chi connectivity index (χ2n) is 5.25. The number of alkyl halides is 3. The van der Waals surface area contributed by atoms with Gasteiger partial charge in [0.1, 0.15) is 12.4 Å². The van der Waals surface area contributed by atoms with Gasteiger partial charge in [-0.25, -0.2) is 0 Å². The minimum atomic E-state index is -4.49. The minimum Gasteiger partial charge on any atom is -0.490 e. The maximum atomic E-state index is 13.1. The molecule has 21 heavy (non-hydrogen) atoms. The van der Waals surface area contributed by atoms with E-state index in [1.54, 1.807) is 13.0 Å². The maximum Gasteiger partial charge on any atom is 0.419 e. The zero-order chi connectivity index (χ0) is 16.1. The Bertz CT molecular complexity index is 459. The predicted octanol–water partition coefficient (Wildman–Crippen LogP) is 3.35. The van der Waals surface area contributed by atoms with E-state index in [0.717, 1.165) is 6.07 Å². The average molecular weight is 305 g/mol. The summed E-state index contributed by atoms with van der Waals surface area (Å²) in [7, 11) is 0. The molecule has 1 atom stereocenters. The summed E-state index contributed by atoms with van der Waals surface area (Å²) < 4.78 is 44.5. The highest BCUT2D eigenvalue weighted by molar-refractivity contribution is 5.39.